The predicted octanol–water partition coefficient (Wildman–Crippen LogP) is 1.57. The van der Waals surface area contributed by atoms with E-state index in [0.29, 0.717) is 13.0 Å². The van der Waals surface area contributed by atoms with E-state index in [1.54, 1.807) is 6.92 Å². The van der Waals surface area contributed by atoms with E-state index < -0.39 is 0 Å². The van der Waals surface area contributed by atoms with Gasteiger partial charge in [-0.15, -0.1) is 0 Å². The number of likely N-dealkylation sites (tertiary alicyclic amines) is 1. The standard InChI is InChI=1S/C9H14N2O3.2C2H6/c1-6-5-8(13)11(9(6)14)4-3-10-7(2)12;2*1-2/h6H,3-5H2,1-2H3,(H,10,12);2*1-2H3. The van der Waals surface area contributed by atoms with Crippen LogP contribution in [0.2, 0.25) is 0 Å². The highest BCUT2D eigenvalue weighted by Gasteiger charge is 2.34. The van der Waals surface area contributed by atoms with Crippen LogP contribution in [0.25, 0.3) is 0 Å². The van der Waals surface area contributed by atoms with Crippen LogP contribution in [0, 0.1) is 5.92 Å². The molecule has 0 aliphatic carbocycles. The Balaban J connectivity index is 0. The normalized spacial score (nSPS) is 17.4. The molecular formula is C13H26N2O3. The summed E-state index contributed by atoms with van der Waals surface area (Å²) in [5.74, 6) is -0.648. The van der Waals surface area contributed by atoms with Gasteiger partial charge in [0.2, 0.25) is 17.7 Å². The molecular weight excluding hydrogens is 232 g/mol. The molecule has 106 valence electrons. The summed E-state index contributed by atoms with van der Waals surface area (Å²) < 4.78 is 0. The SMILES string of the molecule is CC.CC.CC(=O)NCCN1C(=O)CC(C)C1=O. The van der Waals surface area contributed by atoms with Crippen molar-refractivity contribution in [2.75, 3.05) is 13.1 Å². The summed E-state index contributed by atoms with van der Waals surface area (Å²) in [5, 5.41) is 2.54. The molecule has 0 aromatic carbocycles. The first-order chi connectivity index (χ1) is 8.52. The molecule has 1 rings (SSSR count). The molecule has 1 saturated heterocycles. The van der Waals surface area contributed by atoms with Gasteiger partial charge >= 0.3 is 0 Å². The van der Waals surface area contributed by atoms with Crippen LogP contribution in [0.3, 0.4) is 0 Å². The predicted molar refractivity (Wildman–Crippen MR) is 71.9 cm³/mol. The summed E-state index contributed by atoms with van der Waals surface area (Å²) in [5.41, 5.74) is 0. The maximum atomic E-state index is 11.4. The second kappa shape index (κ2) is 10.7. The van der Waals surface area contributed by atoms with Crippen LogP contribution >= 0.6 is 0 Å². The molecule has 0 aromatic heterocycles. The molecule has 0 bridgehead atoms. The Morgan fingerprint density at radius 3 is 2.11 bits per heavy atom. The van der Waals surface area contributed by atoms with Crippen molar-refractivity contribution in [1.29, 1.82) is 0 Å². The Kier molecular flexibility index (Phi) is 11.3. The third-order valence-corrected chi connectivity index (χ3v) is 2.18. The summed E-state index contributed by atoms with van der Waals surface area (Å²) in [6.07, 6.45) is 0.291. The molecule has 1 unspecified atom stereocenters. The van der Waals surface area contributed by atoms with Crippen molar-refractivity contribution >= 4 is 17.7 Å². The third kappa shape index (κ3) is 6.37. The third-order valence-electron chi connectivity index (χ3n) is 2.18. The van der Waals surface area contributed by atoms with E-state index in [2.05, 4.69) is 5.32 Å². The zero-order chi connectivity index (χ0) is 14.7. The van der Waals surface area contributed by atoms with Gasteiger partial charge in [0, 0.05) is 32.4 Å². The number of nitrogens with one attached hydrogen (secondary N) is 1. The molecule has 1 atom stereocenters. The van der Waals surface area contributed by atoms with Gasteiger partial charge in [-0.05, 0) is 0 Å². The first-order valence-corrected chi connectivity index (χ1v) is 6.61. The zero-order valence-electron chi connectivity index (χ0n) is 12.4. The molecule has 1 aliphatic rings. The average Bonchev–Trinajstić information content (AvgIpc) is 2.60. The van der Waals surface area contributed by atoms with Gasteiger partial charge in [-0.3, -0.25) is 19.3 Å². The number of amides is 3. The van der Waals surface area contributed by atoms with Gasteiger partial charge in [0.1, 0.15) is 0 Å². The number of hydrogen-bond donors (Lipinski definition) is 1. The van der Waals surface area contributed by atoms with Crippen molar-refractivity contribution in [2.45, 2.75) is 48.0 Å². The smallest absolute Gasteiger partial charge is 0.232 e. The lowest BCUT2D eigenvalue weighted by Crippen LogP contribution is -2.37. The van der Waals surface area contributed by atoms with Crippen molar-refractivity contribution in [3.63, 3.8) is 0 Å². The van der Waals surface area contributed by atoms with E-state index in [-0.39, 0.29) is 30.2 Å². The van der Waals surface area contributed by atoms with E-state index in [0.717, 1.165) is 0 Å². The topological polar surface area (TPSA) is 66.5 Å². The maximum Gasteiger partial charge on any atom is 0.232 e. The fourth-order valence-corrected chi connectivity index (χ4v) is 1.43. The monoisotopic (exact) mass is 258 g/mol. The van der Waals surface area contributed by atoms with Gasteiger partial charge in [0.25, 0.3) is 0 Å². The summed E-state index contributed by atoms with van der Waals surface area (Å²) in [7, 11) is 0. The molecule has 5 heteroatoms. The van der Waals surface area contributed by atoms with Crippen molar-refractivity contribution in [2.24, 2.45) is 5.92 Å². The average molecular weight is 258 g/mol. The van der Waals surface area contributed by atoms with Crippen LogP contribution in [0.5, 0.6) is 0 Å². The molecule has 0 aromatic rings. The van der Waals surface area contributed by atoms with E-state index in [1.165, 1.54) is 11.8 Å². The zero-order valence-corrected chi connectivity index (χ0v) is 12.4. The molecule has 1 aliphatic heterocycles. The Hall–Kier alpha value is -1.39. The van der Waals surface area contributed by atoms with Crippen molar-refractivity contribution < 1.29 is 14.4 Å². The summed E-state index contributed by atoms with van der Waals surface area (Å²) in [4.78, 5) is 34.4. The van der Waals surface area contributed by atoms with Crippen LogP contribution < -0.4 is 5.32 Å². The lowest BCUT2D eigenvalue weighted by Gasteiger charge is -2.13. The summed E-state index contributed by atoms with van der Waals surface area (Å²) >= 11 is 0. The fourth-order valence-electron chi connectivity index (χ4n) is 1.43. The van der Waals surface area contributed by atoms with Crippen molar-refractivity contribution in [1.82, 2.24) is 10.2 Å². The number of imide groups is 1. The molecule has 0 saturated carbocycles. The van der Waals surface area contributed by atoms with Crippen LogP contribution in [-0.4, -0.2) is 35.7 Å². The summed E-state index contributed by atoms with van der Waals surface area (Å²) in [6, 6.07) is 0. The number of nitrogens with zero attached hydrogens (tertiary/aromatic N) is 1. The largest absolute Gasteiger partial charge is 0.355 e. The van der Waals surface area contributed by atoms with Gasteiger partial charge < -0.3 is 5.32 Å². The molecule has 0 spiro atoms. The number of carbonyl (C=O) groups is 3. The Labute approximate surface area is 110 Å². The minimum absolute atomic E-state index is 0.139. The Bertz CT molecular complexity index is 277. The van der Waals surface area contributed by atoms with Crippen LogP contribution in [0.15, 0.2) is 0 Å². The van der Waals surface area contributed by atoms with Crippen molar-refractivity contribution in [3.8, 4) is 0 Å². The molecule has 0 radical (unpaired) electrons. The first kappa shape index (κ1) is 19.0. The van der Waals surface area contributed by atoms with Gasteiger partial charge in [-0.25, -0.2) is 0 Å². The Morgan fingerprint density at radius 1 is 1.28 bits per heavy atom. The molecule has 1 heterocycles. The highest BCUT2D eigenvalue weighted by atomic mass is 16.2. The van der Waals surface area contributed by atoms with Crippen LogP contribution in [0.4, 0.5) is 0 Å². The van der Waals surface area contributed by atoms with E-state index in [9.17, 15) is 14.4 Å². The molecule has 3 amide bonds. The first-order valence-electron chi connectivity index (χ1n) is 6.61. The minimum Gasteiger partial charge on any atom is -0.355 e. The van der Waals surface area contributed by atoms with E-state index >= 15 is 0 Å². The van der Waals surface area contributed by atoms with Crippen LogP contribution in [-0.2, 0) is 14.4 Å². The molecule has 1 fully saturated rings. The van der Waals surface area contributed by atoms with E-state index in [4.69, 9.17) is 0 Å². The highest BCUT2D eigenvalue weighted by Crippen LogP contribution is 2.17. The Morgan fingerprint density at radius 2 is 1.78 bits per heavy atom. The second-order valence-corrected chi connectivity index (χ2v) is 3.47. The van der Waals surface area contributed by atoms with Crippen molar-refractivity contribution in [3.05, 3.63) is 0 Å². The van der Waals surface area contributed by atoms with Crippen LogP contribution in [0.1, 0.15) is 48.0 Å². The molecule has 18 heavy (non-hydrogen) atoms. The highest BCUT2D eigenvalue weighted by molar-refractivity contribution is 6.03. The molecule has 1 N–H and O–H groups in total. The fraction of sp³-hybridized carbons (Fsp3) is 0.769. The van der Waals surface area contributed by atoms with Gasteiger partial charge in [-0.1, -0.05) is 34.6 Å². The number of carbonyl (C=O) groups excluding carboxylic acids is 3. The molecule has 5 nitrogen and oxygen atoms in total. The maximum absolute atomic E-state index is 11.4. The van der Waals surface area contributed by atoms with Gasteiger partial charge in [-0.2, -0.15) is 0 Å². The van der Waals surface area contributed by atoms with Gasteiger partial charge in [0.15, 0.2) is 0 Å². The lowest BCUT2D eigenvalue weighted by atomic mass is 10.1. The number of hydrogen-bond acceptors (Lipinski definition) is 3. The summed E-state index contributed by atoms with van der Waals surface area (Å²) in [6.45, 7) is 11.7. The lowest BCUT2D eigenvalue weighted by molar-refractivity contribution is -0.139. The van der Waals surface area contributed by atoms with Gasteiger partial charge in [0.05, 0.1) is 0 Å². The number of rotatable bonds is 3. The van der Waals surface area contributed by atoms with E-state index in [1.807, 2.05) is 27.7 Å². The second-order valence-electron chi connectivity index (χ2n) is 3.47. The quantitative estimate of drug-likeness (QED) is 0.781. The minimum atomic E-state index is -0.208.